The van der Waals surface area contributed by atoms with Crippen LogP contribution in [0.4, 0.5) is 0 Å². The van der Waals surface area contributed by atoms with E-state index in [4.69, 9.17) is 0 Å². The number of pyridine rings is 1. The van der Waals surface area contributed by atoms with E-state index in [9.17, 15) is 9.90 Å². The Bertz CT molecular complexity index is 461. The lowest BCUT2D eigenvalue weighted by molar-refractivity contribution is 0.181. The number of nitrogens with zero attached hydrogens (tertiary/aromatic N) is 2. The molecule has 18 heavy (non-hydrogen) atoms. The smallest absolute Gasteiger partial charge is 0.223 e. The summed E-state index contributed by atoms with van der Waals surface area (Å²) in [7, 11) is 3.98. The Morgan fingerprint density at radius 2 is 2.06 bits per heavy atom. The van der Waals surface area contributed by atoms with E-state index < -0.39 is 0 Å². The van der Waals surface area contributed by atoms with Crippen molar-refractivity contribution in [2.75, 3.05) is 7.05 Å². The molecule has 1 aliphatic carbocycles. The monoisotopic (exact) mass is 250 g/mol. The summed E-state index contributed by atoms with van der Waals surface area (Å²) in [5, 5.41) is 9.36. The van der Waals surface area contributed by atoms with Crippen molar-refractivity contribution in [3.05, 3.63) is 28.2 Å². The summed E-state index contributed by atoms with van der Waals surface area (Å²) in [6.45, 7) is 0.761. The zero-order valence-corrected chi connectivity index (χ0v) is 11.2. The third-order valence-corrected chi connectivity index (χ3v) is 3.93. The van der Waals surface area contributed by atoms with Gasteiger partial charge >= 0.3 is 0 Å². The lowest BCUT2D eigenvalue weighted by Gasteiger charge is -2.31. The van der Waals surface area contributed by atoms with Gasteiger partial charge < -0.3 is 9.67 Å². The molecule has 1 aromatic heterocycles. The van der Waals surface area contributed by atoms with Crippen LogP contribution in [0.3, 0.4) is 0 Å². The number of rotatable bonds is 3. The van der Waals surface area contributed by atoms with Crippen molar-refractivity contribution in [2.45, 2.75) is 44.7 Å². The van der Waals surface area contributed by atoms with E-state index in [0.717, 1.165) is 12.2 Å². The summed E-state index contributed by atoms with van der Waals surface area (Å²) >= 11 is 0. The van der Waals surface area contributed by atoms with Crippen molar-refractivity contribution in [1.29, 1.82) is 0 Å². The van der Waals surface area contributed by atoms with Crippen LogP contribution in [-0.4, -0.2) is 27.7 Å². The van der Waals surface area contributed by atoms with Crippen LogP contribution in [0.5, 0.6) is 5.75 Å². The first-order chi connectivity index (χ1) is 8.58. The van der Waals surface area contributed by atoms with E-state index in [1.165, 1.54) is 44.4 Å². The maximum atomic E-state index is 11.5. The van der Waals surface area contributed by atoms with Crippen LogP contribution in [0, 0.1) is 0 Å². The van der Waals surface area contributed by atoms with Crippen molar-refractivity contribution in [1.82, 2.24) is 9.47 Å². The molecule has 0 atom stereocenters. The van der Waals surface area contributed by atoms with Gasteiger partial charge in [-0.05, 0) is 19.9 Å². The van der Waals surface area contributed by atoms with Gasteiger partial charge in [0.05, 0.1) is 0 Å². The van der Waals surface area contributed by atoms with Crippen molar-refractivity contribution in [3.63, 3.8) is 0 Å². The normalized spacial score (nSPS) is 17.3. The zero-order chi connectivity index (χ0) is 13.1. The van der Waals surface area contributed by atoms with Crippen molar-refractivity contribution >= 4 is 0 Å². The number of hydrogen-bond donors (Lipinski definition) is 1. The SMILES string of the molecule is CN(Cc1cc(=O)c(O)cn1C)C1CCCCC1. The highest BCUT2D eigenvalue weighted by Crippen LogP contribution is 2.22. The molecule has 0 bridgehead atoms. The maximum Gasteiger partial charge on any atom is 0.223 e. The Balaban J connectivity index is 2.08. The minimum atomic E-state index is -0.292. The molecule has 0 aliphatic heterocycles. The first kappa shape index (κ1) is 13.1. The molecule has 0 saturated heterocycles. The first-order valence-corrected chi connectivity index (χ1v) is 6.66. The van der Waals surface area contributed by atoms with Gasteiger partial charge in [-0.3, -0.25) is 9.69 Å². The second-order valence-corrected chi connectivity index (χ2v) is 5.33. The zero-order valence-electron chi connectivity index (χ0n) is 11.2. The minimum Gasteiger partial charge on any atom is -0.503 e. The summed E-state index contributed by atoms with van der Waals surface area (Å²) in [5.41, 5.74) is 0.658. The second kappa shape index (κ2) is 5.57. The van der Waals surface area contributed by atoms with Gasteiger partial charge in [0.1, 0.15) is 0 Å². The standard InChI is InChI=1S/C14H22N2O2/c1-15(11-6-4-3-5-7-11)9-12-8-13(17)14(18)10-16(12)2/h8,10-11,18H,3-7,9H2,1-2H3. The molecule has 0 unspecified atom stereocenters. The van der Waals surface area contributed by atoms with Gasteiger partial charge in [0.25, 0.3) is 0 Å². The molecule has 0 amide bonds. The molecule has 1 N–H and O–H groups in total. The van der Waals surface area contributed by atoms with E-state index in [-0.39, 0.29) is 11.2 Å². The fraction of sp³-hybridized carbons (Fsp3) is 0.643. The summed E-state index contributed by atoms with van der Waals surface area (Å²) in [4.78, 5) is 13.8. The van der Waals surface area contributed by atoms with E-state index in [1.807, 2.05) is 11.6 Å². The quantitative estimate of drug-likeness (QED) is 0.890. The molecular formula is C14H22N2O2. The molecule has 1 saturated carbocycles. The van der Waals surface area contributed by atoms with Gasteiger partial charge in [-0.15, -0.1) is 0 Å². The van der Waals surface area contributed by atoms with Crippen LogP contribution in [0.2, 0.25) is 0 Å². The maximum absolute atomic E-state index is 11.5. The summed E-state index contributed by atoms with van der Waals surface area (Å²) in [5.74, 6) is -0.179. The molecule has 0 aromatic carbocycles. The Morgan fingerprint density at radius 3 is 2.72 bits per heavy atom. The predicted octanol–water partition coefficient (Wildman–Crippen LogP) is 1.86. The van der Waals surface area contributed by atoms with Crippen LogP contribution in [0.1, 0.15) is 37.8 Å². The first-order valence-electron chi connectivity index (χ1n) is 6.66. The highest BCUT2D eigenvalue weighted by Gasteiger charge is 2.18. The van der Waals surface area contributed by atoms with Crippen LogP contribution in [0.15, 0.2) is 17.1 Å². The number of aromatic hydroxyl groups is 1. The molecule has 100 valence electrons. The van der Waals surface area contributed by atoms with Gasteiger partial charge in [-0.1, -0.05) is 19.3 Å². The van der Waals surface area contributed by atoms with Crippen LogP contribution in [0.25, 0.3) is 0 Å². The Morgan fingerprint density at radius 1 is 1.39 bits per heavy atom. The third kappa shape index (κ3) is 2.93. The molecule has 0 spiro atoms. The molecule has 1 aromatic rings. The Labute approximate surface area is 108 Å². The number of aromatic nitrogens is 1. The van der Waals surface area contributed by atoms with Gasteiger partial charge in [0, 0.05) is 37.6 Å². The third-order valence-electron chi connectivity index (χ3n) is 3.93. The molecule has 4 heteroatoms. The van der Waals surface area contributed by atoms with Crippen molar-refractivity contribution in [3.8, 4) is 5.75 Å². The minimum absolute atomic E-state index is 0.179. The molecule has 4 nitrogen and oxygen atoms in total. The van der Waals surface area contributed by atoms with E-state index in [0.29, 0.717) is 6.04 Å². The largest absolute Gasteiger partial charge is 0.503 e. The molecule has 0 radical (unpaired) electrons. The highest BCUT2D eigenvalue weighted by atomic mass is 16.3. The van der Waals surface area contributed by atoms with Gasteiger partial charge in [-0.2, -0.15) is 0 Å². The Hall–Kier alpha value is -1.29. The molecule has 1 heterocycles. The molecule has 2 rings (SSSR count). The van der Waals surface area contributed by atoms with Crippen LogP contribution in [-0.2, 0) is 13.6 Å². The van der Waals surface area contributed by atoms with E-state index >= 15 is 0 Å². The molecule has 1 fully saturated rings. The second-order valence-electron chi connectivity index (χ2n) is 5.33. The lowest BCUT2D eigenvalue weighted by atomic mass is 9.94. The summed E-state index contributed by atoms with van der Waals surface area (Å²) in [6.07, 6.45) is 7.96. The van der Waals surface area contributed by atoms with Gasteiger partial charge in [0.2, 0.25) is 5.43 Å². The average Bonchev–Trinajstić information content (AvgIpc) is 2.37. The van der Waals surface area contributed by atoms with E-state index in [2.05, 4.69) is 11.9 Å². The van der Waals surface area contributed by atoms with E-state index in [1.54, 1.807) is 0 Å². The predicted molar refractivity (Wildman–Crippen MR) is 71.7 cm³/mol. The Kier molecular flexibility index (Phi) is 4.07. The average molecular weight is 250 g/mol. The summed E-state index contributed by atoms with van der Waals surface area (Å²) < 4.78 is 1.83. The fourth-order valence-electron chi connectivity index (χ4n) is 2.72. The topological polar surface area (TPSA) is 45.5 Å². The summed E-state index contributed by atoms with van der Waals surface area (Å²) in [6, 6.07) is 2.16. The molecular weight excluding hydrogens is 228 g/mol. The van der Waals surface area contributed by atoms with Crippen molar-refractivity contribution in [2.24, 2.45) is 7.05 Å². The molecule has 1 aliphatic rings. The van der Waals surface area contributed by atoms with Gasteiger partial charge in [-0.25, -0.2) is 0 Å². The highest BCUT2D eigenvalue weighted by molar-refractivity contribution is 5.20. The van der Waals surface area contributed by atoms with Crippen LogP contribution < -0.4 is 5.43 Å². The number of aryl methyl sites for hydroxylation is 1. The van der Waals surface area contributed by atoms with Crippen molar-refractivity contribution < 1.29 is 5.11 Å². The van der Waals surface area contributed by atoms with Crippen LogP contribution >= 0.6 is 0 Å². The number of hydrogen-bond acceptors (Lipinski definition) is 3. The lowest BCUT2D eigenvalue weighted by Crippen LogP contribution is -2.34. The fourth-order valence-corrected chi connectivity index (χ4v) is 2.72. The van der Waals surface area contributed by atoms with Gasteiger partial charge in [0.15, 0.2) is 5.75 Å².